The Morgan fingerprint density at radius 1 is 0.931 bits per heavy atom. The summed E-state index contributed by atoms with van der Waals surface area (Å²) in [6.45, 7) is 7.88. The summed E-state index contributed by atoms with van der Waals surface area (Å²) in [6, 6.07) is 15.1. The number of halogens is 3. The quantitative estimate of drug-likeness (QED) is 0.604. The van der Waals surface area contributed by atoms with E-state index < -0.39 is 17.3 Å². The molecule has 3 rings (SSSR count). The predicted octanol–water partition coefficient (Wildman–Crippen LogP) is 5.80. The second-order valence-corrected chi connectivity index (χ2v) is 8.45. The molecule has 0 saturated carbocycles. The zero-order valence-electron chi connectivity index (χ0n) is 17.1. The Kier molecular flexibility index (Phi) is 6.13. The van der Waals surface area contributed by atoms with Gasteiger partial charge >= 0.3 is 6.18 Å². The van der Waals surface area contributed by atoms with Gasteiger partial charge in [0.05, 0.1) is 5.56 Å². The molecule has 1 aliphatic heterocycles. The van der Waals surface area contributed by atoms with Gasteiger partial charge in [-0.1, -0.05) is 30.3 Å². The Balaban J connectivity index is 1.59. The Bertz CT molecular complexity index is 797. The fourth-order valence-corrected chi connectivity index (χ4v) is 3.63. The standard InChI is InChI=1S/C23H28F3NO2/c1-21(2,17-28-20-12-8-7-11-19(20)23(24,25)26)27-15-13-22(3,14-16-27)29-18-9-5-4-6-10-18/h4-12H,13-17H2,1-3H3. The number of hydrogen-bond acceptors (Lipinski definition) is 3. The van der Waals surface area contributed by atoms with Crippen LogP contribution >= 0.6 is 0 Å². The van der Waals surface area contributed by atoms with Crippen molar-refractivity contribution in [3.8, 4) is 11.5 Å². The molecule has 158 valence electrons. The van der Waals surface area contributed by atoms with E-state index in [0.29, 0.717) is 0 Å². The van der Waals surface area contributed by atoms with Gasteiger partial charge in [-0.05, 0) is 57.9 Å². The van der Waals surface area contributed by atoms with Crippen molar-refractivity contribution in [2.75, 3.05) is 19.7 Å². The zero-order chi connectivity index (χ0) is 21.1. The number of rotatable bonds is 6. The van der Waals surface area contributed by atoms with E-state index in [1.165, 1.54) is 12.1 Å². The van der Waals surface area contributed by atoms with Crippen LogP contribution in [0.15, 0.2) is 54.6 Å². The lowest BCUT2D eigenvalue weighted by molar-refractivity contribution is -0.139. The number of hydrogen-bond donors (Lipinski definition) is 0. The second kappa shape index (κ2) is 8.27. The summed E-state index contributed by atoms with van der Waals surface area (Å²) in [5, 5.41) is 0. The van der Waals surface area contributed by atoms with E-state index in [9.17, 15) is 13.2 Å². The van der Waals surface area contributed by atoms with Crippen LogP contribution in [0.1, 0.15) is 39.2 Å². The van der Waals surface area contributed by atoms with Crippen molar-refractivity contribution in [1.29, 1.82) is 0 Å². The molecule has 0 N–H and O–H groups in total. The molecule has 0 aliphatic carbocycles. The first-order valence-corrected chi connectivity index (χ1v) is 9.87. The monoisotopic (exact) mass is 407 g/mol. The van der Waals surface area contributed by atoms with E-state index in [1.807, 2.05) is 44.2 Å². The lowest BCUT2D eigenvalue weighted by Gasteiger charge is -2.46. The third-order valence-corrected chi connectivity index (χ3v) is 5.56. The molecule has 1 saturated heterocycles. The third-order valence-electron chi connectivity index (χ3n) is 5.56. The van der Waals surface area contributed by atoms with Crippen molar-refractivity contribution >= 4 is 0 Å². The summed E-state index contributed by atoms with van der Waals surface area (Å²) < 4.78 is 51.4. The number of alkyl halides is 3. The van der Waals surface area contributed by atoms with Crippen LogP contribution in [-0.2, 0) is 6.18 Å². The highest BCUT2D eigenvalue weighted by molar-refractivity contribution is 5.35. The van der Waals surface area contributed by atoms with Gasteiger partial charge in [-0.3, -0.25) is 4.90 Å². The number of ether oxygens (including phenoxy) is 2. The highest BCUT2D eigenvalue weighted by Crippen LogP contribution is 2.37. The average molecular weight is 407 g/mol. The maximum Gasteiger partial charge on any atom is 0.419 e. The van der Waals surface area contributed by atoms with E-state index in [1.54, 1.807) is 6.07 Å². The van der Waals surface area contributed by atoms with E-state index in [-0.39, 0.29) is 18.0 Å². The molecule has 2 aromatic rings. The molecule has 0 spiro atoms. The number of benzene rings is 2. The number of likely N-dealkylation sites (tertiary alicyclic amines) is 1. The molecule has 0 unspecified atom stereocenters. The first kappa shape index (κ1) is 21.5. The van der Waals surface area contributed by atoms with Crippen molar-refractivity contribution in [3.05, 3.63) is 60.2 Å². The van der Waals surface area contributed by atoms with Gasteiger partial charge in [0.2, 0.25) is 0 Å². The van der Waals surface area contributed by atoms with Crippen LogP contribution in [0, 0.1) is 0 Å². The van der Waals surface area contributed by atoms with Gasteiger partial charge in [0.15, 0.2) is 0 Å². The minimum absolute atomic E-state index is 0.123. The molecule has 0 bridgehead atoms. The molecule has 1 heterocycles. The minimum atomic E-state index is -4.43. The molecular weight excluding hydrogens is 379 g/mol. The first-order chi connectivity index (χ1) is 13.6. The van der Waals surface area contributed by atoms with Crippen molar-refractivity contribution in [2.24, 2.45) is 0 Å². The summed E-state index contributed by atoms with van der Waals surface area (Å²) in [5.41, 5.74) is -1.39. The fourth-order valence-electron chi connectivity index (χ4n) is 3.63. The molecular formula is C23H28F3NO2. The van der Waals surface area contributed by atoms with Gasteiger partial charge in [-0.2, -0.15) is 13.2 Å². The van der Waals surface area contributed by atoms with Gasteiger partial charge in [0.1, 0.15) is 23.7 Å². The Labute approximate surface area is 170 Å². The van der Waals surface area contributed by atoms with E-state index in [2.05, 4.69) is 11.8 Å². The molecule has 0 atom stereocenters. The van der Waals surface area contributed by atoms with Crippen LogP contribution in [-0.4, -0.2) is 35.7 Å². The molecule has 1 aliphatic rings. The SMILES string of the molecule is CC1(Oc2ccccc2)CCN(C(C)(C)COc2ccccc2C(F)(F)F)CC1. The summed E-state index contributed by atoms with van der Waals surface area (Å²) in [4.78, 5) is 2.26. The Hall–Kier alpha value is -2.21. The van der Waals surface area contributed by atoms with Crippen LogP contribution in [0.3, 0.4) is 0 Å². The lowest BCUT2D eigenvalue weighted by atomic mass is 9.90. The largest absolute Gasteiger partial charge is 0.491 e. The Morgan fingerprint density at radius 2 is 1.52 bits per heavy atom. The van der Waals surface area contributed by atoms with Crippen LogP contribution in [0.5, 0.6) is 11.5 Å². The number of nitrogens with zero attached hydrogens (tertiary/aromatic N) is 1. The van der Waals surface area contributed by atoms with Gasteiger partial charge in [0.25, 0.3) is 0 Å². The lowest BCUT2D eigenvalue weighted by Crippen LogP contribution is -2.55. The van der Waals surface area contributed by atoms with E-state index in [0.717, 1.165) is 37.7 Å². The maximum absolute atomic E-state index is 13.2. The summed E-state index contributed by atoms with van der Waals surface area (Å²) in [7, 11) is 0. The van der Waals surface area contributed by atoms with Crippen molar-refractivity contribution in [3.63, 3.8) is 0 Å². The Morgan fingerprint density at radius 3 is 2.14 bits per heavy atom. The zero-order valence-corrected chi connectivity index (χ0v) is 17.1. The fraction of sp³-hybridized carbons (Fsp3) is 0.478. The average Bonchev–Trinajstić information content (AvgIpc) is 2.67. The molecule has 6 heteroatoms. The van der Waals surface area contributed by atoms with Crippen molar-refractivity contribution < 1.29 is 22.6 Å². The molecule has 2 aromatic carbocycles. The molecule has 0 amide bonds. The smallest absolute Gasteiger partial charge is 0.419 e. The van der Waals surface area contributed by atoms with Gasteiger partial charge in [-0.25, -0.2) is 0 Å². The number of piperidine rings is 1. The summed E-state index contributed by atoms with van der Waals surface area (Å²) >= 11 is 0. The molecule has 3 nitrogen and oxygen atoms in total. The van der Waals surface area contributed by atoms with E-state index in [4.69, 9.17) is 9.47 Å². The van der Waals surface area contributed by atoms with E-state index >= 15 is 0 Å². The molecule has 0 radical (unpaired) electrons. The van der Waals surface area contributed by atoms with Crippen molar-refractivity contribution in [1.82, 2.24) is 4.90 Å². The van der Waals surface area contributed by atoms with Gasteiger partial charge in [0, 0.05) is 18.6 Å². The summed E-state index contributed by atoms with van der Waals surface area (Å²) in [6.07, 6.45) is -2.75. The highest BCUT2D eigenvalue weighted by Gasteiger charge is 2.39. The van der Waals surface area contributed by atoms with Crippen LogP contribution in [0.25, 0.3) is 0 Å². The maximum atomic E-state index is 13.2. The second-order valence-electron chi connectivity index (χ2n) is 8.45. The van der Waals surface area contributed by atoms with Gasteiger partial charge in [-0.15, -0.1) is 0 Å². The molecule has 29 heavy (non-hydrogen) atoms. The first-order valence-electron chi connectivity index (χ1n) is 9.87. The number of para-hydroxylation sites is 2. The van der Waals surface area contributed by atoms with Crippen LogP contribution in [0.2, 0.25) is 0 Å². The van der Waals surface area contributed by atoms with Gasteiger partial charge < -0.3 is 9.47 Å². The highest BCUT2D eigenvalue weighted by atomic mass is 19.4. The van der Waals surface area contributed by atoms with Crippen LogP contribution < -0.4 is 9.47 Å². The normalized spacial score (nSPS) is 17.7. The third kappa shape index (κ3) is 5.44. The van der Waals surface area contributed by atoms with Crippen LogP contribution in [0.4, 0.5) is 13.2 Å². The molecule has 1 fully saturated rings. The minimum Gasteiger partial charge on any atom is -0.491 e. The van der Waals surface area contributed by atoms with Crippen molar-refractivity contribution in [2.45, 2.75) is 50.9 Å². The summed E-state index contributed by atoms with van der Waals surface area (Å²) in [5.74, 6) is 0.733. The topological polar surface area (TPSA) is 21.7 Å². The predicted molar refractivity (Wildman–Crippen MR) is 107 cm³/mol. The molecule has 0 aromatic heterocycles.